The Balaban J connectivity index is 2.78. The Morgan fingerprint density at radius 1 is 1.25 bits per heavy atom. The lowest BCUT2D eigenvalue weighted by atomic mass is 9.99. The summed E-state index contributed by atoms with van der Waals surface area (Å²) in [7, 11) is -7.44. The molecular weight excluding hydrogens is 319 g/mol. The molecule has 0 N–H and O–H groups in total. The predicted octanol–water partition coefficient (Wildman–Crippen LogP) is 1.07. The number of rotatable bonds is 4. The van der Waals surface area contributed by atoms with Crippen LogP contribution < -0.4 is 0 Å². The van der Waals surface area contributed by atoms with E-state index in [1.54, 1.807) is 0 Å². The summed E-state index contributed by atoms with van der Waals surface area (Å²) in [4.78, 5) is 0. The Morgan fingerprint density at radius 2 is 1.75 bits per heavy atom. The summed E-state index contributed by atoms with van der Waals surface area (Å²) in [5.41, 5.74) is 0. The summed E-state index contributed by atoms with van der Waals surface area (Å²) < 4.78 is 82.3. The van der Waals surface area contributed by atoms with Crippen LogP contribution >= 0.6 is 0 Å². The van der Waals surface area contributed by atoms with E-state index in [1.165, 1.54) is 6.07 Å². The molecule has 1 atom stereocenters. The Kier molecular flexibility index (Phi) is 5.08. The van der Waals surface area contributed by atoms with Gasteiger partial charge < -0.3 is 0 Å². The van der Waals surface area contributed by atoms with Crippen molar-refractivity contribution in [1.29, 1.82) is 5.26 Å². The molecule has 116 valence electrons. The fourth-order valence-electron chi connectivity index (χ4n) is 2.07. The molecule has 1 fully saturated rings. The van der Waals surface area contributed by atoms with Crippen molar-refractivity contribution in [2.24, 2.45) is 5.92 Å². The van der Waals surface area contributed by atoms with Crippen molar-refractivity contribution < 1.29 is 30.0 Å². The van der Waals surface area contributed by atoms with Gasteiger partial charge in [0.15, 0.2) is 15.1 Å². The quantitative estimate of drug-likeness (QED) is 0.767. The fraction of sp³-hybridized carbons (Fsp3) is 0.900. The Morgan fingerprint density at radius 3 is 2.15 bits per heavy atom. The molecule has 0 aromatic rings. The lowest BCUT2D eigenvalue weighted by Gasteiger charge is -2.25. The zero-order valence-electron chi connectivity index (χ0n) is 10.4. The van der Waals surface area contributed by atoms with Crippen LogP contribution in [0.4, 0.5) is 13.2 Å². The van der Waals surface area contributed by atoms with Crippen LogP contribution in [0.5, 0.6) is 0 Å². The Labute approximate surface area is 115 Å². The zero-order valence-corrected chi connectivity index (χ0v) is 12.1. The van der Waals surface area contributed by atoms with Crippen molar-refractivity contribution in [2.75, 3.05) is 17.3 Å². The molecule has 1 unspecified atom stereocenters. The summed E-state index contributed by atoms with van der Waals surface area (Å²) in [6, 6.07) is 1.53. The predicted molar refractivity (Wildman–Crippen MR) is 65.2 cm³/mol. The van der Waals surface area contributed by atoms with E-state index in [0.29, 0.717) is 0 Å². The third-order valence-electron chi connectivity index (χ3n) is 3.21. The molecule has 10 heteroatoms. The van der Waals surface area contributed by atoms with Crippen molar-refractivity contribution in [3.8, 4) is 6.07 Å². The third-order valence-corrected chi connectivity index (χ3v) is 6.96. The number of sulfone groups is 2. The monoisotopic (exact) mass is 333 g/mol. The third kappa shape index (κ3) is 4.94. The van der Waals surface area contributed by atoms with Crippen LogP contribution in [0.1, 0.15) is 19.3 Å². The first kappa shape index (κ1) is 17.2. The number of hydrogen-bond donors (Lipinski definition) is 0. The van der Waals surface area contributed by atoms with E-state index in [4.69, 9.17) is 5.26 Å². The molecule has 1 rings (SSSR count). The van der Waals surface area contributed by atoms with Gasteiger partial charge in [0, 0.05) is 0 Å². The molecule has 1 heterocycles. The van der Waals surface area contributed by atoms with E-state index in [1.807, 2.05) is 0 Å². The van der Waals surface area contributed by atoms with Gasteiger partial charge in [-0.3, -0.25) is 0 Å². The van der Waals surface area contributed by atoms with Crippen LogP contribution in [0, 0.1) is 17.2 Å². The molecule has 0 aromatic heterocycles. The average molecular weight is 333 g/mol. The van der Waals surface area contributed by atoms with E-state index in [0.717, 1.165) is 0 Å². The van der Waals surface area contributed by atoms with Crippen molar-refractivity contribution in [1.82, 2.24) is 0 Å². The maximum absolute atomic E-state index is 12.1. The number of halogens is 3. The van der Waals surface area contributed by atoms with Gasteiger partial charge >= 0.3 is 6.18 Å². The minimum Gasteiger partial charge on any atom is -0.229 e. The summed E-state index contributed by atoms with van der Waals surface area (Å²) in [5.74, 6) is -2.32. The first-order valence-corrected chi connectivity index (χ1v) is 9.39. The number of nitrogens with zero attached hydrogens (tertiary/aromatic N) is 1. The van der Waals surface area contributed by atoms with Gasteiger partial charge in [-0.15, -0.1) is 0 Å². The standard InChI is InChI=1S/C10H14F3NO4S2/c11-10(12,13)3-6-20(17,18)9(7-14)8-1-4-19(15,16)5-2-8/h8-9H,1-6H2. The van der Waals surface area contributed by atoms with Crippen LogP contribution in [0.2, 0.25) is 0 Å². The number of alkyl halides is 3. The van der Waals surface area contributed by atoms with Crippen molar-refractivity contribution in [2.45, 2.75) is 30.7 Å². The lowest BCUT2D eigenvalue weighted by Crippen LogP contribution is -2.37. The summed E-state index contributed by atoms with van der Waals surface area (Å²) >= 11 is 0. The van der Waals surface area contributed by atoms with Gasteiger partial charge in [0.25, 0.3) is 0 Å². The van der Waals surface area contributed by atoms with E-state index in [2.05, 4.69) is 0 Å². The van der Waals surface area contributed by atoms with E-state index < -0.39 is 49.2 Å². The highest BCUT2D eigenvalue weighted by atomic mass is 32.2. The smallest absolute Gasteiger partial charge is 0.229 e. The van der Waals surface area contributed by atoms with Crippen LogP contribution in [0.25, 0.3) is 0 Å². The highest BCUT2D eigenvalue weighted by molar-refractivity contribution is 7.92. The number of hydrogen-bond acceptors (Lipinski definition) is 5. The van der Waals surface area contributed by atoms with Gasteiger partial charge in [-0.25, -0.2) is 16.8 Å². The minimum absolute atomic E-state index is 0.00813. The first-order valence-electron chi connectivity index (χ1n) is 5.85. The lowest BCUT2D eigenvalue weighted by molar-refractivity contribution is -0.129. The molecule has 1 aliphatic rings. The molecule has 1 aliphatic heterocycles. The normalized spacial score (nSPS) is 22.1. The van der Waals surface area contributed by atoms with Gasteiger partial charge in [0.1, 0.15) is 9.84 Å². The van der Waals surface area contributed by atoms with Gasteiger partial charge in [0.2, 0.25) is 0 Å². The summed E-state index contributed by atoms with van der Waals surface area (Å²) in [5, 5.41) is 7.34. The first-order chi connectivity index (χ1) is 8.97. The van der Waals surface area contributed by atoms with Crippen molar-refractivity contribution in [3.05, 3.63) is 0 Å². The highest BCUT2D eigenvalue weighted by Crippen LogP contribution is 2.28. The second-order valence-electron chi connectivity index (χ2n) is 4.77. The molecule has 0 radical (unpaired) electrons. The van der Waals surface area contributed by atoms with Gasteiger partial charge in [-0.2, -0.15) is 18.4 Å². The second kappa shape index (κ2) is 5.89. The molecular formula is C10H14F3NO4S2. The Bertz CT molecular complexity index is 575. The van der Waals surface area contributed by atoms with Crippen molar-refractivity contribution in [3.63, 3.8) is 0 Å². The summed E-state index contributed by atoms with van der Waals surface area (Å²) in [6.07, 6.45) is -6.13. The van der Waals surface area contributed by atoms with E-state index in [-0.39, 0.29) is 24.3 Å². The number of nitriles is 1. The van der Waals surface area contributed by atoms with Crippen LogP contribution in [0.15, 0.2) is 0 Å². The molecule has 0 saturated carbocycles. The molecule has 0 amide bonds. The van der Waals surface area contributed by atoms with Gasteiger partial charge in [-0.1, -0.05) is 0 Å². The zero-order chi connectivity index (χ0) is 15.6. The molecule has 1 saturated heterocycles. The van der Waals surface area contributed by atoms with Crippen molar-refractivity contribution >= 4 is 19.7 Å². The van der Waals surface area contributed by atoms with Crippen LogP contribution in [-0.4, -0.2) is 45.5 Å². The molecule has 0 spiro atoms. The fourth-order valence-corrected chi connectivity index (χ4v) is 5.39. The maximum Gasteiger partial charge on any atom is 0.390 e. The van der Waals surface area contributed by atoms with Gasteiger partial charge in [0.05, 0.1) is 29.7 Å². The SMILES string of the molecule is N#CC(C1CCS(=O)(=O)CC1)S(=O)(=O)CCC(F)(F)F. The molecule has 0 aromatic carbocycles. The largest absolute Gasteiger partial charge is 0.390 e. The minimum atomic E-state index is -4.61. The summed E-state index contributed by atoms with van der Waals surface area (Å²) in [6.45, 7) is 0. The Hall–Kier alpha value is -0.820. The van der Waals surface area contributed by atoms with E-state index >= 15 is 0 Å². The highest BCUT2D eigenvalue weighted by Gasteiger charge is 2.39. The topological polar surface area (TPSA) is 92.1 Å². The molecule has 5 nitrogen and oxygen atoms in total. The molecule has 0 aliphatic carbocycles. The van der Waals surface area contributed by atoms with Gasteiger partial charge in [-0.05, 0) is 18.8 Å². The molecule has 0 bridgehead atoms. The molecule has 20 heavy (non-hydrogen) atoms. The average Bonchev–Trinajstić information content (AvgIpc) is 2.29. The second-order valence-corrected chi connectivity index (χ2v) is 9.32. The van der Waals surface area contributed by atoms with E-state index in [9.17, 15) is 30.0 Å². The van der Waals surface area contributed by atoms with Crippen LogP contribution in [-0.2, 0) is 19.7 Å². The maximum atomic E-state index is 12.1. The van der Waals surface area contributed by atoms with Crippen LogP contribution in [0.3, 0.4) is 0 Å².